The molecule has 1 aromatic carbocycles. The van der Waals surface area contributed by atoms with Crippen LogP contribution in [0.5, 0.6) is 0 Å². The first-order valence-electron chi connectivity index (χ1n) is 8.87. The van der Waals surface area contributed by atoms with Crippen molar-refractivity contribution in [2.45, 2.75) is 18.9 Å². The standard InChI is InChI=1S/C21H17ClFN5O/c1-21(9-12-6-7-25-11-15(12)19(24)28-21)16-8-14(3-4-17(16)23)27-20(29)18-5-2-13(22)10-26-18/h2-8,10-11H,9H2,1H3,(H2,24,28)(H,27,29). The van der Waals surface area contributed by atoms with Gasteiger partial charge in [-0.05, 0) is 48.9 Å². The van der Waals surface area contributed by atoms with E-state index in [1.54, 1.807) is 24.5 Å². The molecule has 1 unspecified atom stereocenters. The predicted octanol–water partition coefficient (Wildman–Crippen LogP) is 3.70. The number of fused-ring (bicyclic) bond motifs is 1. The molecule has 29 heavy (non-hydrogen) atoms. The van der Waals surface area contributed by atoms with Crippen molar-refractivity contribution in [1.82, 2.24) is 9.97 Å². The van der Waals surface area contributed by atoms with E-state index in [4.69, 9.17) is 17.3 Å². The SMILES string of the molecule is CC1(c2cc(NC(=O)c3ccc(Cl)cn3)ccc2F)Cc2ccncc2C(N)=N1. The Morgan fingerprint density at radius 3 is 2.83 bits per heavy atom. The zero-order valence-electron chi connectivity index (χ0n) is 15.5. The first-order chi connectivity index (χ1) is 13.9. The zero-order valence-corrected chi connectivity index (χ0v) is 16.2. The molecule has 1 aliphatic heterocycles. The number of nitrogens with two attached hydrogens (primary N) is 1. The fourth-order valence-electron chi connectivity index (χ4n) is 3.42. The average molecular weight is 410 g/mol. The summed E-state index contributed by atoms with van der Waals surface area (Å²) in [4.78, 5) is 25.0. The second kappa shape index (κ2) is 7.25. The molecule has 3 N–H and O–H groups in total. The van der Waals surface area contributed by atoms with Crippen LogP contribution in [-0.2, 0) is 12.0 Å². The van der Waals surface area contributed by atoms with Crippen LogP contribution in [0.4, 0.5) is 10.1 Å². The first kappa shape index (κ1) is 19.0. The highest BCUT2D eigenvalue weighted by Crippen LogP contribution is 2.37. The van der Waals surface area contributed by atoms with Gasteiger partial charge in [0.2, 0.25) is 0 Å². The minimum Gasteiger partial charge on any atom is -0.383 e. The van der Waals surface area contributed by atoms with Gasteiger partial charge in [-0.3, -0.25) is 14.8 Å². The molecule has 1 atom stereocenters. The summed E-state index contributed by atoms with van der Waals surface area (Å²) < 4.78 is 14.7. The summed E-state index contributed by atoms with van der Waals surface area (Å²) in [6, 6.07) is 9.31. The molecule has 4 rings (SSSR count). The van der Waals surface area contributed by atoms with E-state index in [9.17, 15) is 9.18 Å². The summed E-state index contributed by atoms with van der Waals surface area (Å²) in [7, 11) is 0. The summed E-state index contributed by atoms with van der Waals surface area (Å²) in [6.45, 7) is 1.81. The lowest BCUT2D eigenvalue weighted by Crippen LogP contribution is -2.34. The smallest absolute Gasteiger partial charge is 0.274 e. The van der Waals surface area contributed by atoms with Gasteiger partial charge in [0.25, 0.3) is 5.91 Å². The highest BCUT2D eigenvalue weighted by Gasteiger charge is 2.34. The summed E-state index contributed by atoms with van der Waals surface area (Å²) in [5.41, 5.74) is 7.86. The second-order valence-electron chi connectivity index (χ2n) is 6.99. The third kappa shape index (κ3) is 3.69. The maximum Gasteiger partial charge on any atom is 0.274 e. The number of rotatable bonds is 3. The van der Waals surface area contributed by atoms with Crippen LogP contribution in [0.25, 0.3) is 0 Å². The Kier molecular flexibility index (Phi) is 4.76. The molecule has 0 fully saturated rings. The molecule has 0 saturated carbocycles. The number of benzene rings is 1. The van der Waals surface area contributed by atoms with Gasteiger partial charge in [-0.25, -0.2) is 9.37 Å². The minimum atomic E-state index is -0.915. The Morgan fingerprint density at radius 1 is 1.24 bits per heavy atom. The number of amidine groups is 1. The first-order valence-corrected chi connectivity index (χ1v) is 9.25. The lowest BCUT2D eigenvalue weighted by Gasteiger charge is -2.32. The molecule has 0 spiro atoms. The third-order valence-electron chi connectivity index (χ3n) is 4.85. The Bertz CT molecular complexity index is 1130. The van der Waals surface area contributed by atoms with E-state index in [-0.39, 0.29) is 5.69 Å². The van der Waals surface area contributed by atoms with Crippen molar-refractivity contribution in [2.24, 2.45) is 10.7 Å². The normalized spacial score (nSPS) is 18.0. The third-order valence-corrected chi connectivity index (χ3v) is 5.08. The molecule has 0 radical (unpaired) electrons. The number of halogens is 2. The highest BCUT2D eigenvalue weighted by molar-refractivity contribution is 6.30. The van der Waals surface area contributed by atoms with Gasteiger partial charge in [0, 0.05) is 41.8 Å². The van der Waals surface area contributed by atoms with E-state index in [0.29, 0.717) is 28.5 Å². The van der Waals surface area contributed by atoms with Crippen molar-refractivity contribution in [3.8, 4) is 0 Å². The van der Waals surface area contributed by atoms with Gasteiger partial charge in [-0.2, -0.15) is 0 Å². The maximum absolute atomic E-state index is 14.7. The molecule has 0 aliphatic carbocycles. The fraction of sp³-hybridized carbons (Fsp3) is 0.143. The van der Waals surface area contributed by atoms with Crippen LogP contribution in [0.15, 0.2) is 60.0 Å². The number of nitrogens with one attached hydrogen (secondary N) is 1. The Labute approximate surface area is 171 Å². The molecule has 6 nitrogen and oxygen atoms in total. The number of carbonyl (C=O) groups excluding carboxylic acids is 1. The van der Waals surface area contributed by atoms with Gasteiger partial charge in [-0.15, -0.1) is 0 Å². The van der Waals surface area contributed by atoms with Crippen molar-refractivity contribution in [1.29, 1.82) is 0 Å². The highest BCUT2D eigenvalue weighted by atomic mass is 35.5. The summed E-state index contributed by atoms with van der Waals surface area (Å²) in [5, 5.41) is 3.16. The molecular weight excluding hydrogens is 393 g/mol. The second-order valence-corrected chi connectivity index (χ2v) is 7.43. The van der Waals surface area contributed by atoms with Crippen LogP contribution < -0.4 is 11.1 Å². The van der Waals surface area contributed by atoms with Crippen molar-refractivity contribution < 1.29 is 9.18 Å². The predicted molar refractivity (Wildman–Crippen MR) is 110 cm³/mol. The molecule has 0 bridgehead atoms. The van der Waals surface area contributed by atoms with E-state index in [1.807, 2.05) is 13.0 Å². The van der Waals surface area contributed by atoms with Crippen LogP contribution in [0.3, 0.4) is 0 Å². The topological polar surface area (TPSA) is 93.3 Å². The lowest BCUT2D eigenvalue weighted by atomic mass is 9.82. The average Bonchev–Trinajstić information content (AvgIpc) is 2.69. The van der Waals surface area contributed by atoms with E-state index < -0.39 is 17.3 Å². The number of aliphatic imine (C=N–C) groups is 1. The Balaban J connectivity index is 1.66. The number of carbonyl (C=O) groups is 1. The number of pyridine rings is 2. The number of hydrogen-bond acceptors (Lipinski definition) is 5. The minimum absolute atomic E-state index is 0.202. The zero-order chi connectivity index (χ0) is 20.6. The summed E-state index contributed by atoms with van der Waals surface area (Å²) in [5.74, 6) is -0.544. The maximum atomic E-state index is 14.7. The van der Waals surface area contributed by atoms with E-state index in [2.05, 4.69) is 20.3 Å². The molecule has 3 aromatic rings. The van der Waals surface area contributed by atoms with Crippen LogP contribution in [-0.4, -0.2) is 21.7 Å². The van der Waals surface area contributed by atoms with Gasteiger partial charge >= 0.3 is 0 Å². The van der Waals surface area contributed by atoms with Gasteiger partial charge in [-0.1, -0.05) is 11.6 Å². The van der Waals surface area contributed by atoms with Crippen LogP contribution in [0.2, 0.25) is 5.02 Å². The largest absolute Gasteiger partial charge is 0.383 e. The van der Waals surface area contributed by atoms with Crippen LogP contribution in [0.1, 0.15) is 34.1 Å². The molecule has 0 saturated heterocycles. The molecule has 3 heterocycles. The number of nitrogens with zero attached hydrogens (tertiary/aromatic N) is 3. The van der Waals surface area contributed by atoms with Gasteiger partial charge in [0.1, 0.15) is 17.3 Å². The monoisotopic (exact) mass is 409 g/mol. The van der Waals surface area contributed by atoms with Gasteiger partial charge in [0.15, 0.2) is 0 Å². The Morgan fingerprint density at radius 2 is 2.07 bits per heavy atom. The lowest BCUT2D eigenvalue weighted by molar-refractivity contribution is 0.102. The van der Waals surface area contributed by atoms with Crippen molar-refractivity contribution in [3.63, 3.8) is 0 Å². The van der Waals surface area contributed by atoms with Crippen molar-refractivity contribution in [3.05, 3.63) is 88.2 Å². The van der Waals surface area contributed by atoms with E-state index >= 15 is 0 Å². The van der Waals surface area contributed by atoms with Gasteiger partial charge in [0.05, 0.1) is 10.6 Å². The van der Waals surface area contributed by atoms with E-state index in [0.717, 1.165) is 11.1 Å². The summed E-state index contributed by atoms with van der Waals surface area (Å²) >= 11 is 5.80. The Hall–Kier alpha value is -3.32. The number of hydrogen-bond donors (Lipinski definition) is 2. The number of aromatic nitrogens is 2. The van der Waals surface area contributed by atoms with Crippen molar-refractivity contribution >= 4 is 29.0 Å². The van der Waals surface area contributed by atoms with Crippen LogP contribution in [0, 0.1) is 5.82 Å². The fourth-order valence-corrected chi connectivity index (χ4v) is 3.53. The molecule has 8 heteroatoms. The molecule has 146 valence electrons. The molecule has 1 amide bonds. The van der Waals surface area contributed by atoms with E-state index in [1.165, 1.54) is 24.4 Å². The molecule has 2 aromatic heterocycles. The quantitative estimate of drug-likeness (QED) is 0.689. The van der Waals surface area contributed by atoms with Gasteiger partial charge < -0.3 is 11.1 Å². The number of anilines is 1. The molecule has 1 aliphatic rings. The van der Waals surface area contributed by atoms with Crippen molar-refractivity contribution in [2.75, 3.05) is 5.32 Å². The molecular formula is C21H17ClFN5O. The van der Waals surface area contributed by atoms with Crippen LogP contribution >= 0.6 is 11.6 Å². The summed E-state index contributed by atoms with van der Waals surface area (Å²) in [6.07, 6.45) is 5.17. The number of amides is 1.